The van der Waals surface area contributed by atoms with Gasteiger partial charge in [0.2, 0.25) is 0 Å². The topological polar surface area (TPSA) is 57.6 Å². The lowest BCUT2D eigenvalue weighted by Gasteiger charge is -2.22. The number of amides is 1. The van der Waals surface area contributed by atoms with Crippen LogP contribution in [0.4, 0.5) is 0 Å². The summed E-state index contributed by atoms with van der Waals surface area (Å²) in [5.41, 5.74) is 1.62. The quantitative estimate of drug-likeness (QED) is 0.905. The maximum absolute atomic E-state index is 12.4. The van der Waals surface area contributed by atoms with Gasteiger partial charge in [-0.25, -0.2) is 0 Å². The van der Waals surface area contributed by atoms with Crippen LogP contribution in [0.3, 0.4) is 0 Å². The summed E-state index contributed by atoms with van der Waals surface area (Å²) in [6.07, 6.45) is 1.94. The molecule has 1 aliphatic rings. The Hall–Kier alpha value is -1.36. The molecule has 0 bridgehead atoms. The molecule has 0 spiro atoms. The molecule has 102 valence electrons. The molecule has 19 heavy (non-hydrogen) atoms. The van der Waals surface area contributed by atoms with Gasteiger partial charge in [0.1, 0.15) is 0 Å². The van der Waals surface area contributed by atoms with E-state index in [0.717, 1.165) is 22.9 Å². The van der Waals surface area contributed by atoms with Crippen LogP contribution in [0, 0.1) is 6.92 Å². The molecule has 1 amide bonds. The highest BCUT2D eigenvalue weighted by Crippen LogP contribution is 2.29. The molecular formula is C14H16BrNO3. The Kier molecular flexibility index (Phi) is 4.24. The molecule has 1 fully saturated rings. The maximum Gasteiger partial charge on any atom is 0.305 e. The molecule has 0 heterocycles. The van der Waals surface area contributed by atoms with E-state index in [0.29, 0.717) is 5.56 Å². The number of hydrogen-bond donors (Lipinski definition) is 1. The highest BCUT2D eigenvalue weighted by molar-refractivity contribution is 9.10. The minimum absolute atomic E-state index is 0.00223. The van der Waals surface area contributed by atoms with Crippen molar-refractivity contribution in [1.82, 2.24) is 4.90 Å². The van der Waals surface area contributed by atoms with Crippen molar-refractivity contribution in [2.75, 3.05) is 6.54 Å². The first kappa shape index (κ1) is 14.1. The van der Waals surface area contributed by atoms with Gasteiger partial charge in [-0.3, -0.25) is 9.59 Å². The zero-order valence-electron chi connectivity index (χ0n) is 10.7. The minimum Gasteiger partial charge on any atom is -0.481 e. The standard InChI is InChI=1S/C14H16BrNO3/c1-9-8-10(2-5-12(9)15)14(19)16(11-3-4-11)7-6-13(17)18/h2,5,8,11H,3-4,6-7H2,1H3,(H,17,18). The number of halogens is 1. The van der Waals surface area contributed by atoms with Crippen molar-refractivity contribution in [1.29, 1.82) is 0 Å². The second-order valence-corrected chi connectivity index (χ2v) is 5.69. The second kappa shape index (κ2) is 5.74. The molecule has 0 aliphatic heterocycles. The number of hydrogen-bond acceptors (Lipinski definition) is 2. The molecule has 1 aliphatic carbocycles. The number of carboxylic acid groups (broad SMARTS) is 1. The molecule has 0 unspecified atom stereocenters. The van der Waals surface area contributed by atoms with E-state index in [1.807, 2.05) is 19.1 Å². The molecule has 0 saturated heterocycles. The van der Waals surface area contributed by atoms with Crippen molar-refractivity contribution in [2.24, 2.45) is 0 Å². The first-order chi connectivity index (χ1) is 8.99. The van der Waals surface area contributed by atoms with E-state index in [9.17, 15) is 9.59 Å². The van der Waals surface area contributed by atoms with E-state index >= 15 is 0 Å². The van der Waals surface area contributed by atoms with Crippen LogP contribution in [-0.2, 0) is 4.79 Å². The number of aliphatic carboxylic acids is 1. The summed E-state index contributed by atoms with van der Waals surface area (Å²) in [5, 5.41) is 8.75. The van der Waals surface area contributed by atoms with Crippen molar-refractivity contribution in [3.05, 3.63) is 33.8 Å². The summed E-state index contributed by atoms with van der Waals surface area (Å²) in [6.45, 7) is 2.22. The maximum atomic E-state index is 12.4. The molecule has 5 heteroatoms. The average Bonchev–Trinajstić information content (AvgIpc) is 3.16. The van der Waals surface area contributed by atoms with Crippen molar-refractivity contribution in [2.45, 2.75) is 32.2 Å². The van der Waals surface area contributed by atoms with Crippen LogP contribution in [0.5, 0.6) is 0 Å². The van der Waals surface area contributed by atoms with Crippen LogP contribution in [0.25, 0.3) is 0 Å². The van der Waals surface area contributed by atoms with E-state index < -0.39 is 5.97 Å². The molecule has 0 aromatic heterocycles. The fraction of sp³-hybridized carbons (Fsp3) is 0.429. The van der Waals surface area contributed by atoms with Crippen LogP contribution in [0.2, 0.25) is 0 Å². The van der Waals surface area contributed by atoms with Crippen LogP contribution < -0.4 is 0 Å². The van der Waals surface area contributed by atoms with E-state index in [4.69, 9.17) is 5.11 Å². The Morgan fingerprint density at radius 2 is 2.11 bits per heavy atom. The highest BCUT2D eigenvalue weighted by Gasteiger charge is 2.33. The Balaban J connectivity index is 2.14. The van der Waals surface area contributed by atoms with Gasteiger partial charge in [0.05, 0.1) is 6.42 Å². The van der Waals surface area contributed by atoms with Gasteiger partial charge in [-0.15, -0.1) is 0 Å². The summed E-state index contributed by atoms with van der Waals surface area (Å²) in [7, 11) is 0. The molecule has 1 aromatic carbocycles. The molecule has 1 saturated carbocycles. The normalized spacial score (nSPS) is 14.2. The first-order valence-electron chi connectivity index (χ1n) is 6.28. The predicted octanol–water partition coefficient (Wildman–Crippen LogP) is 2.84. The lowest BCUT2D eigenvalue weighted by Crippen LogP contribution is -2.35. The Morgan fingerprint density at radius 3 is 2.63 bits per heavy atom. The number of benzene rings is 1. The monoisotopic (exact) mass is 325 g/mol. The number of carbonyl (C=O) groups excluding carboxylic acids is 1. The molecule has 4 nitrogen and oxygen atoms in total. The fourth-order valence-corrected chi connectivity index (χ4v) is 2.24. The summed E-state index contributed by atoms with van der Waals surface area (Å²) in [5.74, 6) is -0.940. The van der Waals surface area contributed by atoms with Crippen LogP contribution in [-0.4, -0.2) is 34.5 Å². The Morgan fingerprint density at radius 1 is 1.42 bits per heavy atom. The molecule has 0 radical (unpaired) electrons. The van der Waals surface area contributed by atoms with E-state index in [2.05, 4.69) is 15.9 Å². The molecule has 1 N–H and O–H groups in total. The summed E-state index contributed by atoms with van der Waals surface area (Å²) in [4.78, 5) is 24.8. The fourth-order valence-electron chi connectivity index (χ4n) is 2.00. The van der Waals surface area contributed by atoms with Gasteiger partial charge >= 0.3 is 5.97 Å². The van der Waals surface area contributed by atoms with Crippen LogP contribution >= 0.6 is 15.9 Å². The zero-order chi connectivity index (χ0) is 14.0. The van der Waals surface area contributed by atoms with Crippen LogP contribution in [0.15, 0.2) is 22.7 Å². The Bertz CT molecular complexity index is 511. The molecule has 2 rings (SSSR count). The SMILES string of the molecule is Cc1cc(C(=O)N(CCC(=O)O)C2CC2)ccc1Br. The number of carbonyl (C=O) groups is 2. The first-order valence-corrected chi connectivity index (χ1v) is 7.07. The molecule has 1 aromatic rings. The number of carboxylic acids is 1. The highest BCUT2D eigenvalue weighted by atomic mass is 79.9. The lowest BCUT2D eigenvalue weighted by molar-refractivity contribution is -0.137. The summed E-state index contributed by atoms with van der Waals surface area (Å²) >= 11 is 3.40. The van der Waals surface area contributed by atoms with Gasteiger partial charge in [0.15, 0.2) is 0 Å². The minimum atomic E-state index is -0.870. The third-order valence-corrected chi connectivity index (χ3v) is 4.11. The predicted molar refractivity (Wildman–Crippen MR) is 75.2 cm³/mol. The zero-order valence-corrected chi connectivity index (χ0v) is 12.3. The number of aryl methyl sites for hydroxylation is 1. The lowest BCUT2D eigenvalue weighted by atomic mass is 10.1. The largest absolute Gasteiger partial charge is 0.481 e. The Labute approximate surface area is 120 Å². The van der Waals surface area contributed by atoms with Gasteiger partial charge in [-0.1, -0.05) is 15.9 Å². The smallest absolute Gasteiger partial charge is 0.305 e. The number of rotatable bonds is 5. The van der Waals surface area contributed by atoms with Gasteiger partial charge in [-0.05, 0) is 43.5 Å². The van der Waals surface area contributed by atoms with Crippen molar-refractivity contribution in [3.8, 4) is 0 Å². The average molecular weight is 326 g/mol. The van der Waals surface area contributed by atoms with Crippen molar-refractivity contribution >= 4 is 27.8 Å². The summed E-state index contributed by atoms with van der Waals surface area (Å²) in [6, 6.07) is 5.68. The third kappa shape index (κ3) is 3.56. The van der Waals surface area contributed by atoms with E-state index in [-0.39, 0.29) is 24.9 Å². The van der Waals surface area contributed by atoms with E-state index in [1.54, 1.807) is 11.0 Å². The number of nitrogens with zero attached hydrogens (tertiary/aromatic N) is 1. The summed E-state index contributed by atoms with van der Waals surface area (Å²) < 4.78 is 0.965. The third-order valence-electron chi connectivity index (χ3n) is 3.22. The van der Waals surface area contributed by atoms with Gasteiger partial charge in [-0.2, -0.15) is 0 Å². The van der Waals surface area contributed by atoms with Gasteiger partial charge in [0, 0.05) is 22.6 Å². The van der Waals surface area contributed by atoms with Crippen molar-refractivity contribution in [3.63, 3.8) is 0 Å². The van der Waals surface area contributed by atoms with Crippen LogP contribution in [0.1, 0.15) is 35.2 Å². The second-order valence-electron chi connectivity index (χ2n) is 4.84. The van der Waals surface area contributed by atoms with Gasteiger partial charge < -0.3 is 10.0 Å². The van der Waals surface area contributed by atoms with E-state index in [1.165, 1.54) is 0 Å². The van der Waals surface area contributed by atoms with Crippen molar-refractivity contribution < 1.29 is 14.7 Å². The molecular weight excluding hydrogens is 310 g/mol. The van der Waals surface area contributed by atoms with Gasteiger partial charge in [0.25, 0.3) is 5.91 Å². The molecule has 0 atom stereocenters.